The topological polar surface area (TPSA) is 127 Å². The number of H-pyrrole nitrogens is 1. The van der Waals surface area contributed by atoms with Crippen LogP contribution < -0.4 is 0 Å². The number of hydrogen-bond donors (Lipinski definition) is 3. The van der Waals surface area contributed by atoms with Crippen LogP contribution in [-0.4, -0.2) is 93.1 Å². The molecule has 1 aliphatic heterocycles. The minimum absolute atomic E-state index is 0.215. The van der Waals surface area contributed by atoms with Crippen molar-refractivity contribution in [3.8, 4) is 11.3 Å². The van der Waals surface area contributed by atoms with Gasteiger partial charge in [0.2, 0.25) is 5.91 Å². The predicted octanol–water partition coefficient (Wildman–Crippen LogP) is 3.92. The van der Waals surface area contributed by atoms with E-state index in [0.717, 1.165) is 31.6 Å². The van der Waals surface area contributed by atoms with Crippen LogP contribution >= 0.6 is 0 Å². The SMILES string of the molecule is Cc1ccccc1-c1n[nH]c2c1CCN(C(=O)CN(C)C(C)C)CC2.O=C(O)C(F)(F)F.O=C(O)C(F)(F)F. The van der Waals surface area contributed by atoms with Gasteiger partial charge in [0, 0.05) is 42.4 Å². The van der Waals surface area contributed by atoms with E-state index in [-0.39, 0.29) is 5.91 Å². The van der Waals surface area contributed by atoms with Crippen LogP contribution in [0.1, 0.15) is 30.7 Å². The quantitative estimate of drug-likeness (QED) is 0.478. The zero-order chi connectivity index (χ0) is 30.1. The van der Waals surface area contributed by atoms with Crippen molar-refractivity contribution in [3.63, 3.8) is 0 Å². The summed E-state index contributed by atoms with van der Waals surface area (Å²) in [6.07, 6.45) is -8.47. The third-order valence-corrected chi connectivity index (χ3v) is 5.72. The number of fused-ring (bicyclic) bond motifs is 1. The van der Waals surface area contributed by atoms with Crippen molar-refractivity contribution >= 4 is 17.8 Å². The maximum absolute atomic E-state index is 12.6. The Morgan fingerprint density at radius 1 is 1.00 bits per heavy atom. The van der Waals surface area contributed by atoms with Crippen LogP contribution in [0.15, 0.2) is 24.3 Å². The maximum Gasteiger partial charge on any atom is 0.490 e. The molecular weight excluding hydrogens is 538 g/mol. The van der Waals surface area contributed by atoms with Crippen LogP contribution in [0.25, 0.3) is 11.3 Å². The number of aromatic nitrogens is 2. The Morgan fingerprint density at radius 3 is 1.95 bits per heavy atom. The Hall–Kier alpha value is -3.62. The molecule has 0 atom stereocenters. The number of benzene rings is 1. The van der Waals surface area contributed by atoms with E-state index in [1.807, 2.05) is 11.9 Å². The summed E-state index contributed by atoms with van der Waals surface area (Å²) in [5.41, 5.74) is 5.89. The average molecular weight is 569 g/mol. The standard InChI is InChI=1S/C20H28N4O.2C2HF3O2/c1-14(2)23(4)13-19(25)24-11-9-17-18(10-12-24)21-22-20(17)16-8-6-5-7-15(16)3;2*3-2(4,5)1(6)7/h5-8,14H,9-13H2,1-4H3,(H,21,22);2*(H,6,7). The Bertz CT molecular complexity index is 1110. The summed E-state index contributed by atoms with van der Waals surface area (Å²) in [5, 5.41) is 22.0. The largest absolute Gasteiger partial charge is 0.490 e. The third-order valence-electron chi connectivity index (χ3n) is 5.72. The number of nitrogens with one attached hydrogen (secondary N) is 1. The zero-order valence-electron chi connectivity index (χ0n) is 21.7. The molecule has 0 unspecified atom stereocenters. The molecule has 2 heterocycles. The minimum atomic E-state index is -5.08. The number of carboxylic acids is 2. The van der Waals surface area contributed by atoms with Crippen molar-refractivity contribution in [2.75, 3.05) is 26.7 Å². The highest BCUT2D eigenvalue weighted by molar-refractivity contribution is 5.78. The Kier molecular flexibility index (Phi) is 12.0. The predicted molar refractivity (Wildman–Crippen MR) is 128 cm³/mol. The second-order valence-corrected chi connectivity index (χ2v) is 8.84. The highest BCUT2D eigenvalue weighted by Crippen LogP contribution is 2.29. The van der Waals surface area contributed by atoms with Crippen LogP contribution in [0.4, 0.5) is 26.3 Å². The van der Waals surface area contributed by atoms with Crippen LogP contribution in [0.2, 0.25) is 0 Å². The number of aryl methyl sites for hydroxylation is 1. The van der Waals surface area contributed by atoms with E-state index in [1.54, 1.807) is 0 Å². The summed E-state index contributed by atoms with van der Waals surface area (Å²) in [6.45, 7) is 8.34. The number of hydrogen-bond acceptors (Lipinski definition) is 5. The highest BCUT2D eigenvalue weighted by atomic mass is 19.4. The van der Waals surface area contributed by atoms with Gasteiger partial charge in [-0.05, 0) is 39.8 Å². The van der Waals surface area contributed by atoms with Crippen molar-refractivity contribution in [2.24, 2.45) is 0 Å². The number of aromatic amines is 1. The fourth-order valence-electron chi connectivity index (χ4n) is 3.29. The molecule has 0 aliphatic carbocycles. The number of carboxylic acid groups (broad SMARTS) is 2. The number of amides is 1. The molecule has 3 N–H and O–H groups in total. The minimum Gasteiger partial charge on any atom is -0.475 e. The van der Waals surface area contributed by atoms with Gasteiger partial charge in [0.15, 0.2) is 0 Å². The number of aliphatic carboxylic acids is 2. The molecule has 1 amide bonds. The molecule has 15 heteroatoms. The lowest BCUT2D eigenvalue weighted by atomic mass is 9.99. The van der Waals surface area contributed by atoms with Crippen LogP contribution in [-0.2, 0) is 27.2 Å². The molecule has 1 aliphatic rings. The Balaban J connectivity index is 0.000000449. The third kappa shape index (κ3) is 10.6. The van der Waals surface area contributed by atoms with Gasteiger partial charge in [0.25, 0.3) is 0 Å². The summed E-state index contributed by atoms with van der Waals surface area (Å²) >= 11 is 0. The summed E-state index contributed by atoms with van der Waals surface area (Å²) in [5.74, 6) is -5.30. The van der Waals surface area contributed by atoms with Gasteiger partial charge < -0.3 is 15.1 Å². The first-order valence-electron chi connectivity index (χ1n) is 11.6. The van der Waals surface area contributed by atoms with Crippen molar-refractivity contribution in [1.82, 2.24) is 20.0 Å². The summed E-state index contributed by atoms with van der Waals surface area (Å²) < 4.78 is 63.5. The van der Waals surface area contributed by atoms with Gasteiger partial charge in [0.1, 0.15) is 0 Å². The molecule has 0 saturated carbocycles. The number of rotatable bonds is 4. The molecule has 218 valence electrons. The average Bonchev–Trinajstić information content (AvgIpc) is 3.08. The van der Waals surface area contributed by atoms with E-state index < -0.39 is 24.3 Å². The van der Waals surface area contributed by atoms with Crippen LogP contribution in [0.3, 0.4) is 0 Å². The van der Waals surface area contributed by atoms with E-state index >= 15 is 0 Å². The lowest BCUT2D eigenvalue weighted by Gasteiger charge is -2.26. The van der Waals surface area contributed by atoms with Gasteiger partial charge in [0.05, 0.1) is 12.2 Å². The summed E-state index contributed by atoms with van der Waals surface area (Å²) in [6, 6.07) is 8.72. The molecule has 39 heavy (non-hydrogen) atoms. The zero-order valence-corrected chi connectivity index (χ0v) is 21.7. The van der Waals surface area contributed by atoms with Crippen LogP contribution in [0, 0.1) is 6.92 Å². The molecule has 0 saturated heterocycles. The van der Waals surface area contributed by atoms with Gasteiger partial charge in [-0.15, -0.1) is 0 Å². The molecule has 0 spiro atoms. The first-order valence-corrected chi connectivity index (χ1v) is 11.6. The van der Waals surface area contributed by atoms with Crippen molar-refractivity contribution in [1.29, 1.82) is 0 Å². The first-order chi connectivity index (χ1) is 17.9. The normalized spacial score (nSPS) is 13.5. The molecule has 1 aromatic heterocycles. The van der Waals surface area contributed by atoms with E-state index in [4.69, 9.17) is 19.8 Å². The highest BCUT2D eigenvalue weighted by Gasteiger charge is 2.38. The molecule has 0 fully saturated rings. The molecule has 0 radical (unpaired) electrons. The van der Waals surface area contributed by atoms with Crippen LogP contribution in [0.5, 0.6) is 0 Å². The first kappa shape index (κ1) is 33.4. The van der Waals surface area contributed by atoms with Gasteiger partial charge in [-0.2, -0.15) is 31.4 Å². The molecule has 1 aromatic carbocycles. The number of alkyl halides is 6. The number of carbonyl (C=O) groups is 3. The van der Waals surface area contributed by atoms with E-state index in [2.05, 4.69) is 60.1 Å². The number of carbonyl (C=O) groups excluding carboxylic acids is 1. The monoisotopic (exact) mass is 568 g/mol. The Labute approximate surface area is 220 Å². The van der Waals surface area contributed by atoms with Crippen molar-refractivity contribution in [2.45, 2.75) is 52.0 Å². The van der Waals surface area contributed by atoms with Gasteiger partial charge in [-0.25, -0.2) is 9.59 Å². The number of nitrogens with zero attached hydrogens (tertiary/aromatic N) is 3. The second kappa shape index (κ2) is 14.0. The van der Waals surface area contributed by atoms with E-state index in [0.29, 0.717) is 12.6 Å². The molecule has 9 nitrogen and oxygen atoms in total. The molecule has 3 rings (SSSR count). The maximum atomic E-state index is 12.6. The summed E-state index contributed by atoms with van der Waals surface area (Å²) in [4.78, 5) is 34.5. The molecular formula is C24H30F6N4O5. The van der Waals surface area contributed by atoms with Crippen molar-refractivity contribution < 1.29 is 50.9 Å². The number of likely N-dealkylation sites (N-methyl/N-ethyl adjacent to an activating group) is 1. The second-order valence-electron chi connectivity index (χ2n) is 8.84. The fraction of sp³-hybridized carbons (Fsp3) is 0.500. The molecule has 2 aromatic rings. The lowest BCUT2D eigenvalue weighted by molar-refractivity contribution is -0.193. The lowest BCUT2D eigenvalue weighted by Crippen LogP contribution is -2.42. The van der Waals surface area contributed by atoms with Gasteiger partial charge >= 0.3 is 24.3 Å². The van der Waals surface area contributed by atoms with Gasteiger partial charge in [-0.1, -0.05) is 24.3 Å². The van der Waals surface area contributed by atoms with Gasteiger partial charge in [-0.3, -0.25) is 14.8 Å². The fourth-order valence-corrected chi connectivity index (χ4v) is 3.29. The Morgan fingerprint density at radius 2 is 1.49 bits per heavy atom. The summed E-state index contributed by atoms with van der Waals surface area (Å²) in [7, 11) is 2.00. The van der Waals surface area contributed by atoms with E-state index in [1.165, 1.54) is 22.4 Å². The van der Waals surface area contributed by atoms with Crippen molar-refractivity contribution in [3.05, 3.63) is 41.1 Å². The molecule has 0 bridgehead atoms. The number of halogens is 6. The van der Waals surface area contributed by atoms with E-state index in [9.17, 15) is 31.1 Å². The smallest absolute Gasteiger partial charge is 0.475 e.